The zero-order valence-electron chi connectivity index (χ0n) is 19.4. The molecule has 0 fully saturated rings. The highest BCUT2D eigenvalue weighted by Gasteiger charge is 2.15. The van der Waals surface area contributed by atoms with E-state index in [9.17, 15) is 4.79 Å². The van der Waals surface area contributed by atoms with Gasteiger partial charge in [0.15, 0.2) is 0 Å². The largest absolute Gasteiger partial charge is 0.320 e. The van der Waals surface area contributed by atoms with E-state index >= 15 is 0 Å². The van der Waals surface area contributed by atoms with Gasteiger partial charge in [-0.3, -0.25) is 9.78 Å². The van der Waals surface area contributed by atoms with Crippen LogP contribution in [0.25, 0.3) is 22.0 Å². The van der Waals surface area contributed by atoms with Crippen LogP contribution in [0.15, 0.2) is 85.1 Å². The predicted molar refractivity (Wildman–Crippen MR) is 139 cm³/mol. The molecule has 168 valence electrons. The minimum atomic E-state index is -0.0769. The van der Waals surface area contributed by atoms with Crippen molar-refractivity contribution in [1.82, 2.24) is 4.98 Å². The lowest BCUT2D eigenvalue weighted by molar-refractivity contribution is 0.102. The number of carbonyl (C=O) groups is 1. The number of benzene rings is 3. The van der Waals surface area contributed by atoms with Crippen LogP contribution in [0.4, 0.5) is 5.69 Å². The second-order valence-electron chi connectivity index (χ2n) is 8.59. The van der Waals surface area contributed by atoms with Gasteiger partial charge in [0.2, 0.25) is 0 Å². The Hall–Kier alpha value is -3.46. The van der Waals surface area contributed by atoms with Crippen molar-refractivity contribution in [2.45, 2.75) is 51.9 Å². The highest BCUT2D eigenvalue weighted by Crippen LogP contribution is 2.26. The third kappa shape index (κ3) is 5.87. The van der Waals surface area contributed by atoms with Crippen molar-refractivity contribution in [2.75, 3.05) is 5.32 Å². The molecule has 4 aromatic rings. The third-order valence-electron chi connectivity index (χ3n) is 6.14. The van der Waals surface area contributed by atoms with Gasteiger partial charge in [0.1, 0.15) is 0 Å². The van der Waals surface area contributed by atoms with Crippen molar-refractivity contribution in [1.29, 1.82) is 0 Å². The fourth-order valence-corrected chi connectivity index (χ4v) is 4.31. The zero-order chi connectivity index (χ0) is 22.9. The summed E-state index contributed by atoms with van der Waals surface area (Å²) in [7, 11) is 0. The van der Waals surface area contributed by atoms with Gasteiger partial charge < -0.3 is 5.32 Å². The Morgan fingerprint density at radius 1 is 0.788 bits per heavy atom. The fourth-order valence-electron chi connectivity index (χ4n) is 4.31. The van der Waals surface area contributed by atoms with Gasteiger partial charge in [-0.2, -0.15) is 0 Å². The Balaban J connectivity index is 1.59. The van der Waals surface area contributed by atoms with Crippen molar-refractivity contribution in [3.8, 4) is 11.1 Å². The lowest BCUT2D eigenvalue weighted by Crippen LogP contribution is -2.15. The number of anilines is 1. The Morgan fingerprint density at radius 3 is 2.42 bits per heavy atom. The molecule has 4 rings (SSSR count). The molecule has 0 saturated carbocycles. The summed E-state index contributed by atoms with van der Waals surface area (Å²) in [5.74, 6) is -0.0769. The lowest BCUT2D eigenvalue weighted by atomic mass is 9.95. The number of rotatable bonds is 10. The van der Waals surface area contributed by atoms with Crippen LogP contribution in [0.2, 0.25) is 0 Å². The van der Waals surface area contributed by atoms with Crippen molar-refractivity contribution >= 4 is 22.5 Å². The van der Waals surface area contributed by atoms with E-state index in [-0.39, 0.29) is 5.91 Å². The number of fused-ring (bicyclic) bond motifs is 1. The molecular weight excluding hydrogens is 404 g/mol. The lowest BCUT2D eigenvalue weighted by Gasteiger charge is -2.14. The van der Waals surface area contributed by atoms with E-state index in [1.54, 1.807) is 6.20 Å². The average Bonchev–Trinajstić information content (AvgIpc) is 2.87. The summed E-state index contributed by atoms with van der Waals surface area (Å²) in [6.07, 6.45) is 10.1. The maximum atomic E-state index is 13.5. The Kier molecular flexibility index (Phi) is 7.86. The van der Waals surface area contributed by atoms with E-state index in [0.717, 1.165) is 51.7 Å². The molecule has 1 aromatic heterocycles. The molecule has 33 heavy (non-hydrogen) atoms. The van der Waals surface area contributed by atoms with Gasteiger partial charge in [-0.15, -0.1) is 0 Å². The number of aryl methyl sites for hydroxylation is 1. The molecule has 1 heterocycles. The van der Waals surface area contributed by atoms with Gasteiger partial charge >= 0.3 is 0 Å². The summed E-state index contributed by atoms with van der Waals surface area (Å²) >= 11 is 0. The second-order valence-corrected chi connectivity index (χ2v) is 8.59. The second kappa shape index (κ2) is 11.4. The number of carbonyl (C=O) groups excluding carboxylic acids is 1. The van der Waals surface area contributed by atoms with Crippen LogP contribution in [-0.2, 0) is 6.42 Å². The molecule has 0 aliphatic rings. The quantitative estimate of drug-likeness (QED) is 0.255. The first-order valence-electron chi connectivity index (χ1n) is 12.1. The van der Waals surface area contributed by atoms with Crippen LogP contribution in [0.3, 0.4) is 0 Å². The van der Waals surface area contributed by atoms with E-state index in [1.165, 1.54) is 32.1 Å². The molecule has 3 nitrogen and oxygen atoms in total. The van der Waals surface area contributed by atoms with Crippen molar-refractivity contribution < 1.29 is 4.79 Å². The molecule has 0 radical (unpaired) electrons. The molecule has 0 aliphatic carbocycles. The summed E-state index contributed by atoms with van der Waals surface area (Å²) in [6.45, 7) is 2.24. The first-order chi connectivity index (χ1) is 16.3. The molecule has 0 spiro atoms. The van der Waals surface area contributed by atoms with Crippen LogP contribution in [0.5, 0.6) is 0 Å². The summed E-state index contributed by atoms with van der Waals surface area (Å²) in [5.41, 5.74) is 5.58. The minimum absolute atomic E-state index is 0.0769. The smallest absolute Gasteiger partial charge is 0.256 e. The Bertz CT molecular complexity index is 1200. The fraction of sp³-hybridized carbons (Fsp3) is 0.267. The number of unbranched alkanes of at least 4 members (excludes halogenated alkanes) is 5. The molecule has 3 aromatic carbocycles. The van der Waals surface area contributed by atoms with Crippen molar-refractivity contribution in [3.63, 3.8) is 0 Å². The molecular formula is C30H32N2O. The number of amides is 1. The maximum absolute atomic E-state index is 13.5. The number of para-hydroxylation sites is 1. The number of hydrogen-bond donors (Lipinski definition) is 1. The molecule has 0 unspecified atom stereocenters. The standard InChI is InChI=1S/C30H32N2O/c1-2-3-4-5-6-8-15-24-19-20-26(23-13-9-7-10-14-23)22-27(24)30(33)32-28-18-11-16-25-17-12-21-31-29(25)28/h7,9-14,16-22H,2-6,8,15H2,1H3,(H,32,33). The molecule has 0 atom stereocenters. The normalized spacial score (nSPS) is 10.9. The number of aromatic nitrogens is 1. The van der Waals surface area contributed by atoms with Gasteiger partial charge in [-0.05, 0) is 47.7 Å². The SMILES string of the molecule is CCCCCCCCc1ccc(-c2ccccc2)cc1C(=O)Nc1cccc2cccnc12. The average molecular weight is 437 g/mol. The number of pyridine rings is 1. The van der Waals surface area contributed by atoms with E-state index < -0.39 is 0 Å². The molecule has 0 aliphatic heterocycles. The summed E-state index contributed by atoms with van der Waals surface area (Å²) in [6, 6.07) is 26.3. The minimum Gasteiger partial charge on any atom is -0.320 e. The Morgan fingerprint density at radius 2 is 1.58 bits per heavy atom. The molecule has 3 heteroatoms. The molecule has 0 saturated heterocycles. The highest BCUT2D eigenvalue weighted by molar-refractivity contribution is 6.09. The summed E-state index contributed by atoms with van der Waals surface area (Å²) in [5, 5.41) is 4.15. The predicted octanol–water partition coefficient (Wildman–Crippen LogP) is 8.06. The van der Waals surface area contributed by atoms with Crippen LogP contribution >= 0.6 is 0 Å². The van der Waals surface area contributed by atoms with E-state index in [1.807, 2.05) is 54.6 Å². The maximum Gasteiger partial charge on any atom is 0.256 e. The van der Waals surface area contributed by atoms with Gasteiger partial charge in [0, 0.05) is 17.1 Å². The van der Waals surface area contributed by atoms with E-state index in [0.29, 0.717) is 0 Å². The molecule has 0 bridgehead atoms. The number of nitrogens with zero attached hydrogens (tertiary/aromatic N) is 1. The summed E-state index contributed by atoms with van der Waals surface area (Å²) < 4.78 is 0. The first kappa shape index (κ1) is 22.7. The zero-order valence-corrected chi connectivity index (χ0v) is 19.4. The molecule has 1 N–H and O–H groups in total. The first-order valence-corrected chi connectivity index (χ1v) is 12.1. The van der Waals surface area contributed by atoms with Crippen LogP contribution < -0.4 is 5.32 Å². The van der Waals surface area contributed by atoms with Crippen LogP contribution in [0, 0.1) is 0 Å². The Labute approximate surface area is 196 Å². The summed E-state index contributed by atoms with van der Waals surface area (Å²) in [4.78, 5) is 18.0. The van der Waals surface area contributed by atoms with E-state index in [2.05, 4.69) is 41.5 Å². The van der Waals surface area contributed by atoms with Crippen LogP contribution in [0.1, 0.15) is 61.4 Å². The van der Waals surface area contributed by atoms with Gasteiger partial charge in [-0.25, -0.2) is 0 Å². The van der Waals surface area contributed by atoms with Gasteiger partial charge in [-0.1, -0.05) is 99.7 Å². The van der Waals surface area contributed by atoms with Gasteiger partial charge in [0.05, 0.1) is 11.2 Å². The topological polar surface area (TPSA) is 42.0 Å². The van der Waals surface area contributed by atoms with Crippen LogP contribution in [-0.4, -0.2) is 10.9 Å². The number of hydrogen-bond acceptors (Lipinski definition) is 2. The third-order valence-corrected chi connectivity index (χ3v) is 6.14. The molecule has 1 amide bonds. The van der Waals surface area contributed by atoms with Crippen molar-refractivity contribution in [3.05, 3.63) is 96.2 Å². The van der Waals surface area contributed by atoms with E-state index in [4.69, 9.17) is 0 Å². The van der Waals surface area contributed by atoms with Crippen molar-refractivity contribution in [2.24, 2.45) is 0 Å². The van der Waals surface area contributed by atoms with Gasteiger partial charge in [0.25, 0.3) is 5.91 Å². The highest BCUT2D eigenvalue weighted by atomic mass is 16.1. The number of nitrogens with one attached hydrogen (secondary N) is 1. The monoisotopic (exact) mass is 436 g/mol.